The van der Waals surface area contributed by atoms with Gasteiger partial charge in [0.2, 0.25) is 0 Å². The highest BCUT2D eigenvalue weighted by Crippen LogP contribution is 2.11. The van der Waals surface area contributed by atoms with E-state index in [1.54, 1.807) is 0 Å². The van der Waals surface area contributed by atoms with Gasteiger partial charge in [0, 0.05) is 0 Å². The van der Waals surface area contributed by atoms with Gasteiger partial charge in [-0.3, -0.25) is 10.2 Å². The van der Waals surface area contributed by atoms with E-state index in [1.165, 1.54) is 0 Å². The van der Waals surface area contributed by atoms with Crippen molar-refractivity contribution in [2.24, 2.45) is 5.84 Å². The molecule has 0 aliphatic carbocycles. The summed E-state index contributed by atoms with van der Waals surface area (Å²) in [4.78, 5) is 11.4. The quantitative estimate of drug-likeness (QED) is 0.228. The summed E-state index contributed by atoms with van der Waals surface area (Å²) in [5.74, 6) is 5.11. The number of quaternary nitrogens is 1. The topological polar surface area (TPSA) is 55.1 Å². The summed E-state index contributed by atoms with van der Waals surface area (Å²) in [6, 6.07) is 0. The Morgan fingerprint density at radius 3 is 1.69 bits per heavy atom. The van der Waals surface area contributed by atoms with Crippen molar-refractivity contribution in [2.45, 2.75) is 40.0 Å². The minimum atomic E-state index is -0.0506. The third-order valence-electron chi connectivity index (χ3n) is 2.73. The molecule has 98 valence electrons. The first-order valence-corrected chi connectivity index (χ1v) is 5.98. The van der Waals surface area contributed by atoms with Crippen LogP contribution in [0.3, 0.4) is 0 Å². The van der Waals surface area contributed by atoms with Crippen LogP contribution in [0.4, 0.5) is 0 Å². The molecule has 0 aromatic carbocycles. The molecule has 0 saturated heterocycles. The maximum atomic E-state index is 11.4. The largest absolute Gasteiger partial charge is 1.00 e. The van der Waals surface area contributed by atoms with Crippen molar-refractivity contribution in [1.29, 1.82) is 0 Å². The molecule has 0 aliphatic heterocycles. The molecule has 0 aromatic rings. The average Bonchev–Trinajstić information content (AvgIpc) is 2.18. The van der Waals surface area contributed by atoms with Crippen molar-refractivity contribution in [3.8, 4) is 0 Å². The summed E-state index contributed by atoms with van der Waals surface area (Å²) in [7, 11) is 0. The lowest BCUT2D eigenvalue weighted by Gasteiger charge is -2.37. The van der Waals surface area contributed by atoms with E-state index in [0.29, 0.717) is 6.54 Å². The maximum Gasteiger partial charge on any atom is 0.289 e. The second-order valence-electron chi connectivity index (χ2n) is 4.24. The lowest BCUT2D eigenvalue weighted by molar-refractivity contribution is -0.921. The van der Waals surface area contributed by atoms with Crippen LogP contribution >= 0.6 is 0 Å². The summed E-state index contributed by atoms with van der Waals surface area (Å²) >= 11 is 0. The average molecular weight is 252 g/mol. The molecule has 0 aliphatic rings. The fourth-order valence-corrected chi connectivity index (χ4v) is 2.35. The van der Waals surface area contributed by atoms with Gasteiger partial charge in [-0.2, -0.15) is 0 Å². The van der Waals surface area contributed by atoms with Gasteiger partial charge < -0.3 is 16.9 Å². The highest BCUT2D eigenvalue weighted by Gasteiger charge is 2.27. The molecular formula is C11H26ClN3O. The minimum Gasteiger partial charge on any atom is -1.00 e. The molecule has 3 N–H and O–H groups in total. The Balaban J connectivity index is 0. The molecule has 5 heteroatoms. The Kier molecular flexibility index (Phi) is 11.1. The van der Waals surface area contributed by atoms with Crippen LogP contribution in [0.2, 0.25) is 0 Å². The number of carbonyl (C=O) groups is 1. The van der Waals surface area contributed by atoms with Gasteiger partial charge >= 0.3 is 0 Å². The van der Waals surface area contributed by atoms with E-state index in [4.69, 9.17) is 5.84 Å². The summed E-state index contributed by atoms with van der Waals surface area (Å²) < 4.78 is 0.881. The lowest BCUT2D eigenvalue weighted by atomic mass is 10.2. The zero-order valence-corrected chi connectivity index (χ0v) is 11.5. The summed E-state index contributed by atoms with van der Waals surface area (Å²) in [6.45, 7) is 10.2. The summed E-state index contributed by atoms with van der Waals surface area (Å²) in [5.41, 5.74) is 2.24. The molecule has 0 unspecified atom stereocenters. The monoisotopic (exact) mass is 251 g/mol. The number of hydrogen-bond acceptors (Lipinski definition) is 2. The molecule has 0 heterocycles. The fraction of sp³-hybridized carbons (Fsp3) is 0.909. The second-order valence-corrected chi connectivity index (χ2v) is 4.24. The number of halogens is 1. The van der Waals surface area contributed by atoms with Crippen LogP contribution in [0.15, 0.2) is 0 Å². The van der Waals surface area contributed by atoms with Crippen LogP contribution < -0.4 is 23.7 Å². The van der Waals surface area contributed by atoms with Crippen LogP contribution in [0.1, 0.15) is 40.0 Å². The van der Waals surface area contributed by atoms with Gasteiger partial charge in [-0.05, 0) is 19.3 Å². The minimum absolute atomic E-state index is 0. The Bertz CT molecular complexity index is 171. The number of hydrogen-bond donors (Lipinski definition) is 2. The number of hydrazine groups is 1. The van der Waals surface area contributed by atoms with E-state index in [2.05, 4.69) is 26.2 Å². The molecule has 4 nitrogen and oxygen atoms in total. The van der Waals surface area contributed by atoms with Gasteiger partial charge in [0.25, 0.3) is 5.91 Å². The van der Waals surface area contributed by atoms with Crippen molar-refractivity contribution >= 4 is 5.91 Å². The Labute approximate surface area is 106 Å². The van der Waals surface area contributed by atoms with E-state index in [9.17, 15) is 4.79 Å². The van der Waals surface area contributed by atoms with Crippen molar-refractivity contribution in [3.05, 3.63) is 0 Å². The van der Waals surface area contributed by atoms with Crippen molar-refractivity contribution in [1.82, 2.24) is 5.43 Å². The van der Waals surface area contributed by atoms with E-state index in [0.717, 1.165) is 43.4 Å². The number of carbonyl (C=O) groups excluding carboxylic acids is 1. The van der Waals surface area contributed by atoms with Crippen LogP contribution in [0, 0.1) is 0 Å². The molecule has 1 amide bonds. The molecule has 0 aromatic heterocycles. The lowest BCUT2D eigenvalue weighted by Crippen LogP contribution is -3.00. The Hall–Kier alpha value is -0.320. The van der Waals surface area contributed by atoms with Crippen molar-refractivity contribution < 1.29 is 21.7 Å². The first-order valence-electron chi connectivity index (χ1n) is 5.98. The normalized spacial score (nSPS) is 10.8. The van der Waals surface area contributed by atoms with Crippen LogP contribution in [0.5, 0.6) is 0 Å². The predicted octanol–water partition coefficient (Wildman–Crippen LogP) is -1.97. The smallest absolute Gasteiger partial charge is 0.289 e. The van der Waals surface area contributed by atoms with Gasteiger partial charge in [-0.25, -0.2) is 5.84 Å². The number of nitrogens with one attached hydrogen (secondary N) is 1. The van der Waals surface area contributed by atoms with Gasteiger partial charge in [-0.15, -0.1) is 0 Å². The van der Waals surface area contributed by atoms with Crippen LogP contribution in [-0.2, 0) is 4.79 Å². The maximum absolute atomic E-state index is 11.4. The Morgan fingerprint density at radius 2 is 1.44 bits per heavy atom. The standard InChI is InChI=1S/C11H25N3O.ClH/c1-4-7-14(8-5-2,9-6-3)10-11(15)13-12;/h4-10,12H2,1-3H3;1H. The van der Waals surface area contributed by atoms with Crippen LogP contribution in [0.25, 0.3) is 0 Å². The first kappa shape index (κ1) is 18.1. The molecular weight excluding hydrogens is 226 g/mol. The van der Waals surface area contributed by atoms with Crippen molar-refractivity contribution in [2.75, 3.05) is 26.2 Å². The third kappa shape index (κ3) is 6.30. The molecule has 0 fully saturated rings. The highest BCUT2D eigenvalue weighted by atomic mass is 35.5. The number of rotatable bonds is 8. The molecule has 0 bridgehead atoms. The summed E-state index contributed by atoms with van der Waals surface area (Å²) in [6.07, 6.45) is 3.33. The SMILES string of the molecule is CCC[N+](CCC)(CCC)CC(=O)NN.[Cl-]. The molecule has 16 heavy (non-hydrogen) atoms. The fourth-order valence-electron chi connectivity index (χ4n) is 2.35. The molecule has 0 spiro atoms. The number of nitrogens with two attached hydrogens (primary N) is 1. The zero-order valence-electron chi connectivity index (χ0n) is 10.8. The summed E-state index contributed by atoms with van der Waals surface area (Å²) in [5, 5.41) is 0. The van der Waals surface area contributed by atoms with E-state index in [-0.39, 0.29) is 18.3 Å². The number of nitrogens with zero attached hydrogens (tertiary/aromatic N) is 1. The van der Waals surface area contributed by atoms with E-state index < -0.39 is 0 Å². The zero-order chi connectivity index (χ0) is 11.7. The number of amides is 1. The molecule has 0 atom stereocenters. The molecule has 0 rings (SSSR count). The van der Waals surface area contributed by atoms with Crippen molar-refractivity contribution in [3.63, 3.8) is 0 Å². The highest BCUT2D eigenvalue weighted by molar-refractivity contribution is 5.76. The van der Waals surface area contributed by atoms with Crippen LogP contribution in [-0.4, -0.2) is 36.6 Å². The van der Waals surface area contributed by atoms with E-state index in [1.807, 2.05) is 0 Å². The van der Waals surface area contributed by atoms with Gasteiger partial charge in [0.05, 0.1) is 19.6 Å². The Morgan fingerprint density at radius 1 is 1.06 bits per heavy atom. The van der Waals surface area contributed by atoms with Gasteiger partial charge in [0.1, 0.15) is 0 Å². The van der Waals surface area contributed by atoms with Gasteiger partial charge in [-0.1, -0.05) is 20.8 Å². The third-order valence-corrected chi connectivity index (χ3v) is 2.73. The van der Waals surface area contributed by atoms with Gasteiger partial charge in [0.15, 0.2) is 6.54 Å². The molecule has 0 saturated carbocycles. The molecule has 0 radical (unpaired) electrons. The second kappa shape index (κ2) is 9.87. The first-order chi connectivity index (χ1) is 7.14. The predicted molar refractivity (Wildman–Crippen MR) is 62.9 cm³/mol. The van der Waals surface area contributed by atoms with E-state index >= 15 is 0 Å².